The average Bonchev–Trinajstić information content (AvgIpc) is 2.89. The van der Waals surface area contributed by atoms with Gasteiger partial charge in [0.2, 0.25) is 5.91 Å². The third kappa shape index (κ3) is 3.07. The van der Waals surface area contributed by atoms with Crippen molar-refractivity contribution in [2.24, 2.45) is 5.92 Å². The van der Waals surface area contributed by atoms with Crippen molar-refractivity contribution < 1.29 is 4.79 Å². The molecule has 0 spiro atoms. The number of anilines is 1. The quantitative estimate of drug-likeness (QED) is 0.919. The van der Waals surface area contributed by atoms with Crippen LogP contribution in [0.4, 0.5) is 5.69 Å². The van der Waals surface area contributed by atoms with Crippen molar-refractivity contribution in [1.82, 2.24) is 5.32 Å². The first kappa shape index (κ1) is 14.1. The fourth-order valence-electron chi connectivity index (χ4n) is 3.24. The number of hydrogen-bond donors (Lipinski definition) is 1. The number of hydrogen-bond acceptors (Lipinski definition) is 2. The molecule has 1 N–H and O–H groups in total. The molecule has 2 aliphatic rings. The fourth-order valence-corrected chi connectivity index (χ4v) is 3.59. The van der Waals surface area contributed by atoms with Gasteiger partial charge < -0.3 is 10.2 Å². The number of carbonyl (C=O) groups is 1. The van der Waals surface area contributed by atoms with Crippen molar-refractivity contribution in [2.45, 2.75) is 32.1 Å². The molecule has 108 valence electrons. The van der Waals surface area contributed by atoms with Crippen molar-refractivity contribution in [3.05, 3.63) is 28.2 Å². The third-order valence-corrected chi connectivity index (χ3v) is 4.96. The summed E-state index contributed by atoms with van der Waals surface area (Å²) in [6, 6.07) is 6.26. The van der Waals surface area contributed by atoms with Crippen LogP contribution in [0.15, 0.2) is 22.7 Å². The minimum Gasteiger partial charge on any atom is -0.317 e. The molecule has 0 saturated carbocycles. The van der Waals surface area contributed by atoms with Crippen LogP contribution in [0.3, 0.4) is 0 Å². The van der Waals surface area contributed by atoms with Crippen LogP contribution in [0, 0.1) is 5.92 Å². The molecule has 0 unspecified atom stereocenters. The summed E-state index contributed by atoms with van der Waals surface area (Å²) in [7, 11) is 0. The smallest absolute Gasteiger partial charge is 0.227 e. The molecule has 0 radical (unpaired) electrons. The van der Waals surface area contributed by atoms with E-state index in [-0.39, 0.29) is 0 Å². The summed E-state index contributed by atoms with van der Waals surface area (Å²) in [4.78, 5) is 14.4. The standard InChI is InChI=1S/C16H21BrN2O/c17-14-3-2-13-7-10-19(15(13)11-14)16(20)4-1-12-5-8-18-9-6-12/h2-3,11-12,18H,1,4-10H2. The van der Waals surface area contributed by atoms with Gasteiger partial charge in [0.15, 0.2) is 0 Å². The van der Waals surface area contributed by atoms with Gasteiger partial charge in [-0.25, -0.2) is 0 Å². The number of nitrogens with one attached hydrogen (secondary N) is 1. The second kappa shape index (κ2) is 6.27. The van der Waals surface area contributed by atoms with Gasteiger partial charge in [0.25, 0.3) is 0 Å². The summed E-state index contributed by atoms with van der Waals surface area (Å²) >= 11 is 3.50. The molecular formula is C16H21BrN2O. The lowest BCUT2D eigenvalue weighted by Gasteiger charge is -2.24. The number of benzene rings is 1. The first-order chi connectivity index (χ1) is 9.74. The Kier molecular flexibility index (Phi) is 4.41. The Labute approximate surface area is 128 Å². The van der Waals surface area contributed by atoms with E-state index in [0.717, 1.165) is 48.6 Å². The zero-order chi connectivity index (χ0) is 13.9. The van der Waals surface area contributed by atoms with E-state index in [2.05, 4.69) is 39.4 Å². The third-order valence-electron chi connectivity index (χ3n) is 4.47. The normalized spacial score (nSPS) is 19.1. The van der Waals surface area contributed by atoms with Gasteiger partial charge in [-0.05, 0) is 62.4 Å². The van der Waals surface area contributed by atoms with Crippen LogP contribution >= 0.6 is 15.9 Å². The Morgan fingerprint density at radius 2 is 2.15 bits per heavy atom. The van der Waals surface area contributed by atoms with E-state index >= 15 is 0 Å². The van der Waals surface area contributed by atoms with Crippen molar-refractivity contribution in [1.29, 1.82) is 0 Å². The van der Waals surface area contributed by atoms with Gasteiger partial charge in [0, 0.05) is 23.1 Å². The number of amides is 1. The zero-order valence-corrected chi connectivity index (χ0v) is 13.3. The van der Waals surface area contributed by atoms with Crippen molar-refractivity contribution in [3.8, 4) is 0 Å². The van der Waals surface area contributed by atoms with Gasteiger partial charge in [0.1, 0.15) is 0 Å². The molecule has 20 heavy (non-hydrogen) atoms. The summed E-state index contributed by atoms with van der Waals surface area (Å²) in [5, 5.41) is 3.38. The Bertz CT molecular complexity index is 497. The van der Waals surface area contributed by atoms with Crippen LogP contribution in [0.25, 0.3) is 0 Å². The van der Waals surface area contributed by atoms with Crippen LogP contribution in [-0.2, 0) is 11.2 Å². The molecule has 4 heteroatoms. The number of nitrogens with zero attached hydrogens (tertiary/aromatic N) is 1. The molecule has 0 atom stereocenters. The van der Waals surface area contributed by atoms with Crippen LogP contribution in [0.5, 0.6) is 0 Å². The van der Waals surface area contributed by atoms with E-state index < -0.39 is 0 Å². The molecule has 1 aromatic rings. The van der Waals surface area contributed by atoms with Crippen LogP contribution in [0.1, 0.15) is 31.2 Å². The zero-order valence-electron chi connectivity index (χ0n) is 11.7. The Hall–Kier alpha value is -0.870. The van der Waals surface area contributed by atoms with E-state index in [1.165, 1.54) is 18.4 Å². The lowest BCUT2D eigenvalue weighted by molar-refractivity contribution is -0.118. The molecule has 1 saturated heterocycles. The number of fused-ring (bicyclic) bond motifs is 1. The second-order valence-corrected chi connectivity index (χ2v) is 6.72. The highest BCUT2D eigenvalue weighted by atomic mass is 79.9. The van der Waals surface area contributed by atoms with Crippen molar-refractivity contribution >= 4 is 27.5 Å². The lowest BCUT2D eigenvalue weighted by atomic mass is 9.93. The highest BCUT2D eigenvalue weighted by Crippen LogP contribution is 2.32. The van der Waals surface area contributed by atoms with Gasteiger partial charge in [-0.15, -0.1) is 0 Å². The minimum absolute atomic E-state index is 0.292. The molecule has 1 fully saturated rings. The van der Waals surface area contributed by atoms with E-state index in [9.17, 15) is 4.79 Å². The maximum atomic E-state index is 12.5. The summed E-state index contributed by atoms with van der Waals surface area (Å²) in [6.45, 7) is 3.06. The largest absolute Gasteiger partial charge is 0.317 e. The SMILES string of the molecule is O=C(CCC1CCNCC1)N1CCc2ccc(Br)cc21. The summed E-state index contributed by atoms with van der Waals surface area (Å²) in [5.41, 5.74) is 2.40. The van der Waals surface area contributed by atoms with Crippen LogP contribution < -0.4 is 10.2 Å². The van der Waals surface area contributed by atoms with Crippen molar-refractivity contribution in [2.75, 3.05) is 24.5 Å². The Balaban J connectivity index is 1.60. The monoisotopic (exact) mass is 336 g/mol. The molecule has 3 rings (SSSR count). The van der Waals surface area contributed by atoms with Gasteiger partial charge >= 0.3 is 0 Å². The molecule has 2 aliphatic heterocycles. The Morgan fingerprint density at radius 3 is 2.95 bits per heavy atom. The lowest BCUT2D eigenvalue weighted by Crippen LogP contribution is -2.31. The predicted octanol–water partition coefficient (Wildman–Crippen LogP) is 3.12. The summed E-state index contributed by atoms with van der Waals surface area (Å²) in [5.74, 6) is 1.02. The van der Waals surface area contributed by atoms with E-state index in [1.54, 1.807) is 0 Å². The van der Waals surface area contributed by atoms with Crippen LogP contribution in [-0.4, -0.2) is 25.5 Å². The first-order valence-corrected chi connectivity index (χ1v) is 8.33. The summed E-state index contributed by atoms with van der Waals surface area (Å²) < 4.78 is 1.05. The molecule has 1 amide bonds. The van der Waals surface area contributed by atoms with E-state index in [4.69, 9.17) is 0 Å². The fraction of sp³-hybridized carbons (Fsp3) is 0.562. The average molecular weight is 337 g/mol. The number of piperidine rings is 1. The predicted molar refractivity (Wildman–Crippen MR) is 85.0 cm³/mol. The highest BCUT2D eigenvalue weighted by Gasteiger charge is 2.25. The van der Waals surface area contributed by atoms with Gasteiger partial charge in [-0.1, -0.05) is 22.0 Å². The Morgan fingerprint density at radius 1 is 1.35 bits per heavy atom. The second-order valence-electron chi connectivity index (χ2n) is 5.80. The van der Waals surface area contributed by atoms with Gasteiger partial charge in [-0.2, -0.15) is 0 Å². The maximum Gasteiger partial charge on any atom is 0.227 e. The molecule has 0 bridgehead atoms. The topological polar surface area (TPSA) is 32.3 Å². The molecule has 0 aliphatic carbocycles. The van der Waals surface area contributed by atoms with Gasteiger partial charge in [0.05, 0.1) is 0 Å². The number of rotatable bonds is 3. The highest BCUT2D eigenvalue weighted by molar-refractivity contribution is 9.10. The first-order valence-electron chi connectivity index (χ1n) is 7.53. The number of carbonyl (C=O) groups excluding carboxylic acids is 1. The molecule has 1 aromatic carbocycles. The summed E-state index contributed by atoms with van der Waals surface area (Å²) in [6.07, 6.45) is 5.16. The van der Waals surface area contributed by atoms with E-state index in [0.29, 0.717) is 12.3 Å². The molecular weight excluding hydrogens is 316 g/mol. The van der Waals surface area contributed by atoms with Crippen LogP contribution in [0.2, 0.25) is 0 Å². The molecule has 3 nitrogen and oxygen atoms in total. The molecule has 2 heterocycles. The molecule has 0 aromatic heterocycles. The number of halogens is 1. The van der Waals surface area contributed by atoms with E-state index in [1.807, 2.05) is 4.90 Å². The van der Waals surface area contributed by atoms with Crippen molar-refractivity contribution in [3.63, 3.8) is 0 Å². The maximum absolute atomic E-state index is 12.5. The van der Waals surface area contributed by atoms with Gasteiger partial charge in [-0.3, -0.25) is 4.79 Å². The minimum atomic E-state index is 0.292.